The quantitative estimate of drug-likeness (QED) is 0.825. The standard InChI is InChI=1S/C14H26N2.ClH/c15-14-7-6-12-9-16(10-13(12)14)8-11-4-2-1-3-5-11;/h11-14H,1-10,15H2;1H. The second-order valence-corrected chi connectivity index (χ2v) is 6.39. The van der Waals surface area contributed by atoms with Crippen LogP contribution in [0.1, 0.15) is 44.9 Å². The van der Waals surface area contributed by atoms with Gasteiger partial charge in [-0.2, -0.15) is 0 Å². The summed E-state index contributed by atoms with van der Waals surface area (Å²) in [6.45, 7) is 4.04. The second kappa shape index (κ2) is 5.90. The zero-order valence-electron chi connectivity index (χ0n) is 10.8. The van der Waals surface area contributed by atoms with Crippen LogP contribution in [0.15, 0.2) is 0 Å². The van der Waals surface area contributed by atoms with E-state index in [-0.39, 0.29) is 12.4 Å². The largest absolute Gasteiger partial charge is 0.327 e. The first-order chi connectivity index (χ1) is 7.83. The Kier molecular flexibility index (Phi) is 4.73. The fourth-order valence-corrected chi connectivity index (χ4v) is 4.28. The van der Waals surface area contributed by atoms with Crippen molar-refractivity contribution in [1.29, 1.82) is 0 Å². The van der Waals surface area contributed by atoms with Gasteiger partial charge in [-0.3, -0.25) is 0 Å². The topological polar surface area (TPSA) is 29.3 Å². The van der Waals surface area contributed by atoms with E-state index >= 15 is 0 Å². The molecule has 0 aromatic rings. The van der Waals surface area contributed by atoms with E-state index in [1.54, 1.807) is 0 Å². The fraction of sp³-hybridized carbons (Fsp3) is 1.00. The Morgan fingerprint density at radius 1 is 0.941 bits per heavy atom. The minimum Gasteiger partial charge on any atom is -0.327 e. The maximum atomic E-state index is 6.19. The molecule has 17 heavy (non-hydrogen) atoms. The first-order valence-electron chi connectivity index (χ1n) is 7.31. The van der Waals surface area contributed by atoms with Crippen molar-refractivity contribution in [2.45, 2.75) is 51.0 Å². The number of likely N-dealkylation sites (tertiary alicyclic amines) is 1. The first kappa shape index (κ1) is 13.6. The number of hydrogen-bond acceptors (Lipinski definition) is 2. The monoisotopic (exact) mass is 258 g/mol. The van der Waals surface area contributed by atoms with E-state index in [9.17, 15) is 0 Å². The van der Waals surface area contributed by atoms with Crippen LogP contribution < -0.4 is 5.73 Å². The van der Waals surface area contributed by atoms with Crippen LogP contribution >= 0.6 is 12.4 Å². The first-order valence-corrected chi connectivity index (χ1v) is 7.31. The van der Waals surface area contributed by atoms with Crippen LogP contribution in [0.5, 0.6) is 0 Å². The molecule has 1 aliphatic heterocycles. The number of hydrogen-bond donors (Lipinski definition) is 1. The van der Waals surface area contributed by atoms with Gasteiger partial charge in [-0.15, -0.1) is 12.4 Å². The van der Waals surface area contributed by atoms with Crippen LogP contribution in [0, 0.1) is 17.8 Å². The van der Waals surface area contributed by atoms with Gasteiger partial charge in [-0.05, 0) is 43.4 Å². The lowest BCUT2D eigenvalue weighted by atomic mass is 9.89. The van der Waals surface area contributed by atoms with Crippen LogP contribution in [-0.2, 0) is 0 Å². The van der Waals surface area contributed by atoms with Gasteiger partial charge >= 0.3 is 0 Å². The molecular formula is C14H27ClN2. The summed E-state index contributed by atoms with van der Waals surface area (Å²) in [4.78, 5) is 2.73. The second-order valence-electron chi connectivity index (χ2n) is 6.39. The Hall–Kier alpha value is 0.210. The molecular weight excluding hydrogens is 232 g/mol. The van der Waals surface area contributed by atoms with Gasteiger partial charge in [-0.25, -0.2) is 0 Å². The van der Waals surface area contributed by atoms with Crippen molar-refractivity contribution in [1.82, 2.24) is 4.90 Å². The van der Waals surface area contributed by atoms with Gasteiger partial charge in [0.25, 0.3) is 0 Å². The lowest BCUT2D eigenvalue weighted by Gasteiger charge is -2.27. The molecule has 0 radical (unpaired) electrons. The molecule has 2 nitrogen and oxygen atoms in total. The average molecular weight is 259 g/mol. The molecule has 0 spiro atoms. The molecule has 3 unspecified atom stereocenters. The van der Waals surface area contributed by atoms with E-state index in [1.807, 2.05) is 0 Å². The number of nitrogens with zero attached hydrogens (tertiary/aromatic N) is 1. The van der Waals surface area contributed by atoms with Crippen LogP contribution in [-0.4, -0.2) is 30.6 Å². The van der Waals surface area contributed by atoms with Crippen molar-refractivity contribution in [3.05, 3.63) is 0 Å². The van der Waals surface area contributed by atoms with Crippen molar-refractivity contribution in [2.75, 3.05) is 19.6 Å². The lowest BCUT2D eigenvalue weighted by Crippen LogP contribution is -2.33. The summed E-state index contributed by atoms with van der Waals surface area (Å²) < 4.78 is 0. The van der Waals surface area contributed by atoms with Gasteiger partial charge in [-0.1, -0.05) is 19.3 Å². The molecule has 0 aromatic heterocycles. The van der Waals surface area contributed by atoms with Gasteiger partial charge in [0.05, 0.1) is 0 Å². The normalized spacial score (nSPS) is 39.0. The lowest BCUT2D eigenvalue weighted by molar-refractivity contribution is 0.220. The summed E-state index contributed by atoms with van der Waals surface area (Å²) in [6.07, 6.45) is 10.1. The van der Waals surface area contributed by atoms with Crippen LogP contribution in [0.25, 0.3) is 0 Å². The van der Waals surface area contributed by atoms with E-state index in [0.29, 0.717) is 6.04 Å². The summed E-state index contributed by atoms with van der Waals surface area (Å²) in [7, 11) is 0. The third-order valence-electron chi connectivity index (χ3n) is 5.23. The Bertz CT molecular complexity index is 240. The highest BCUT2D eigenvalue weighted by atomic mass is 35.5. The minimum absolute atomic E-state index is 0. The number of halogens is 1. The molecule has 2 saturated carbocycles. The molecule has 1 saturated heterocycles. The zero-order valence-corrected chi connectivity index (χ0v) is 11.6. The van der Waals surface area contributed by atoms with E-state index in [0.717, 1.165) is 17.8 Å². The van der Waals surface area contributed by atoms with E-state index in [4.69, 9.17) is 5.73 Å². The van der Waals surface area contributed by atoms with Crippen molar-refractivity contribution in [2.24, 2.45) is 23.5 Å². The van der Waals surface area contributed by atoms with Crippen molar-refractivity contribution >= 4 is 12.4 Å². The van der Waals surface area contributed by atoms with Crippen molar-refractivity contribution in [3.8, 4) is 0 Å². The molecule has 2 aliphatic carbocycles. The summed E-state index contributed by atoms with van der Waals surface area (Å²) >= 11 is 0. The molecule has 100 valence electrons. The van der Waals surface area contributed by atoms with Gasteiger partial charge < -0.3 is 10.6 Å². The van der Waals surface area contributed by atoms with E-state index < -0.39 is 0 Å². The summed E-state index contributed by atoms with van der Waals surface area (Å²) in [5.41, 5.74) is 6.19. The molecule has 0 amide bonds. The maximum absolute atomic E-state index is 6.19. The average Bonchev–Trinajstić information content (AvgIpc) is 2.83. The van der Waals surface area contributed by atoms with Gasteiger partial charge in [0, 0.05) is 25.7 Å². The molecule has 0 aromatic carbocycles. The molecule has 0 bridgehead atoms. The SMILES string of the molecule is Cl.NC1CCC2CN(CC3CCCCC3)CC12. The highest BCUT2D eigenvalue weighted by molar-refractivity contribution is 5.85. The fourth-order valence-electron chi connectivity index (χ4n) is 4.28. The molecule has 3 fully saturated rings. The highest BCUT2D eigenvalue weighted by Gasteiger charge is 2.41. The van der Waals surface area contributed by atoms with Gasteiger partial charge in [0.15, 0.2) is 0 Å². The Balaban J connectivity index is 0.00000108. The Labute approximate surface area is 112 Å². The predicted molar refractivity (Wildman–Crippen MR) is 74.5 cm³/mol. The number of fused-ring (bicyclic) bond motifs is 1. The molecule has 3 heteroatoms. The Morgan fingerprint density at radius 3 is 2.41 bits per heavy atom. The summed E-state index contributed by atoms with van der Waals surface area (Å²) in [5.74, 6) is 2.78. The molecule has 1 heterocycles. The maximum Gasteiger partial charge on any atom is 0.00826 e. The molecule has 3 atom stereocenters. The van der Waals surface area contributed by atoms with Crippen LogP contribution in [0.2, 0.25) is 0 Å². The van der Waals surface area contributed by atoms with Crippen molar-refractivity contribution < 1.29 is 0 Å². The zero-order chi connectivity index (χ0) is 11.0. The van der Waals surface area contributed by atoms with Crippen LogP contribution in [0.3, 0.4) is 0 Å². The Morgan fingerprint density at radius 2 is 1.71 bits per heavy atom. The van der Waals surface area contributed by atoms with Crippen LogP contribution in [0.4, 0.5) is 0 Å². The predicted octanol–water partition coefficient (Wildman–Crippen LogP) is 2.66. The summed E-state index contributed by atoms with van der Waals surface area (Å²) in [5, 5.41) is 0. The van der Waals surface area contributed by atoms with Gasteiger partial charge in [0.1, 0.15) is 0 Å². The third kappa shape index (κ3) is 2.97. The molecule has 3 rings (SSSR count). The van der Waals surface area contributed by atoms with Crippen molar-refractivity contribution in [3.63, 3.8) is 0 Å². The van der Waals surface area contributed by atoms with Gasteiger partial charge in [0.2, 0.25) is 0 Å². The highest BCUT2D eigenvalue weighted by Crippen LogP contribution is 2.38. The third-order valence-corrected chi connectivity index (χ3v) is 5.23. The minimum atomic E-state index is 0. The number of nitrogens with two attached hydrogens (primary N) is 1. The molecule has 3 aliphatic rings. The van der Waals surface area contributed by atoms with E-state index in [1.165, 1.54) is 64.6 Å². The van der Waals surface area contributed by atoms with E-state index in [2.05, 4.69) is 4.90 Å². The molecule has 2 N–H and O–H groups in total. The number of rotatable bonds is 2. The smallest absolute Gasteiger partial charge is 0.00826 e. The summed E-state index contributed by atoms with van der Waals surface area (Å²) in [6, 6.07) is 0.515.